The highest BCUT2D eigenvalue weighted by Gasteiger charge is 2.47. The van der Waals surface area contributed by atoms with E-state index >= 15 is 0 Å². The molecule has 0 aromatic carbocycles. The second-order valence-electron chi connectivity index (χ2n) is 11.4. The maximum Gasteiger partial charge on any atom is 0.321 e. The second-order valence-corrected chi connectivity index (χ2v) is 11.4. The number of fused-ring (bicyclic) bond motifs is 1. The topological polar surface area (TPSA) is 90.5 Å². The molecule has 2 saturated heterocycles. The predicted octanol–water partition coefficient (Wildman–Crippen LogP) is 2.89. The molecule has 198 valence electrons. The Bertz CT molecular complexity index is 805. The fourth-order valence-corrected chi connectivity index (χ4v) is 6.95. The van der Waals surface area contributed by atoms with Crippen molar-refractivity contribution in [2.24, 2.45) is 29.6 Å². The summed E-state index contributed by atoms with van der Waals surface area (Å²) in [5.41, 5.74) is 0. The molecule has 9 unspecified atom stereocenters. The van der Waals surface area contributed by atoms with Crippen LogP contribution in [0.25, 0.3) is 0 Å². The van der Waals surface area contributed by atoms with Gasteiger partial charge >= 0.3 is 6.03 Å². The average Bonchev–Trinajstić information content (AvgIpc) is 2.77. The lowest BCUT2D eigenvalue weighted by Crippen LogP contribution is -2.60. The van der Waals surface area contributed by atoms with Crippen LogP contribution in [0.15, 0.2) is 0 Å². The highest BCUT2D eigenvalue weighted by Crippen LogP contribution is 2.43. The summed E-state index contributed by atoms with van der Waals surface area (Å²) in [4.78, 5) is 40.1. The summed E-state index contributed by atoms with van der Waals surface area (Å²) in [5, 5.41) is 8.37. The minimum Gasteiger partial charge on any atom is -0.342 e. The van der Waals surface area contributed by atoms with Crippen LogP contribution >= 0.6 is 0 Å². The standard InChI is InChI=1S/C25H39F3N4O3/c1-12-4-5-16(30-25(35)31-23(33)22-19(27)8-15(26)9-20(22)28)10-17(12)18-7-14-11-29-13(2)6-21(14)32(3)24(18)34/h12-22,29H,4-11H2,1-3H3,(H2,30,31,33,35). The van der Waals surface area contributed by atoms with Gasteiger partial charge in [-0.1, -0.05) is 6.92 Å². The lowest BCUT2D eigenvalue weighted by atomic mass is 9.65. The van der Waals surface area contributed by atoms with Crippen molar-refractivity contribution in [3.63, 3.8) is 0 Å². The SMILES string of the molecule is CC1CC2C(CN1)CC(C1CC(NC(=O)NC(=O)C3C(F)CC(F)CC3F)CCC1C)C(=O)N2C. The maximum atomic E-state index is 14.1. The van der Waals surface area contributed by atoms with E-state index in [0.29, 0.717) is 30.7 Å². The Kier molecular flexibility index (Phi) is 7.98. The first-order valence-electron chi connectivity index (χ1n) is 13.1. The van der Waals surface area contributed by atoms with Crippen LogP contribution in [0, 0.1) is 29.6 Å². The van der Waals surface area contributed by atoms with E-state index in [9.17, 15) is 27.6 Å². The molecule has 2 aliphatic heterocycles. The van der Waals surface area contributed by atoms with Crippen LogP contribution in [-0.2, 0) is 9.59 Å². The van der Waals surface area contributed by atoms with Gasteiger partial charge in [0, 0.05) is 50.5 Å². The Morgan fingerprint density at radius 1 is 1.00 bits per heavy atom. The lowest BCUT2D eigenvalue weighted by molar-refractivity contribution is -0.148. The molecular weight excluding hydrogens is 461 g/mol. The van der Waals surface area contributed by atoms with Gasteiger partial charge in [-0.15, -0.1) is 0 Å². The molecule has 2 aliphatic carbocycles. The first kappa shape index (κ1) is 26.2. The van der Waals surface area contributed by atoms with E-state index in [1.165, 1.54) is 0 Å². The summed E-state index contributed by atoms with van der Waals surface area (Å²) >= 11 is 0. The Morgan fingerprint density at radius 2 is 1.69 bits per heavy atom. The molecule has 0 bridgehead atoms. The number of hydrogen-bond acceptors (Lipinski definition) is 4. The van der Waals surface area contributed by atoms with Gasteiger partial charge in [0.05, 0.1) is 0 Å². The van der Waals surface area contributed by atoms with Gasteiger partial charge < -0.3 is 15.5 Å². The molecule has 4 aliphatic rings. The highest BCUT2D eigenvalue weighted by molar-refractivity contribution is 5.96. The molecule has 4 fully saturated rings. The number of nitrogens with one attached hydrogen (secondary N) is 3. The minimum atomic E-state index is -1.96. The molecule has 10 heteroatoms. The van der Waals surface area contributed by atoms with Crippen molar-refractivity contribution in [2.45, 2.75) is 95.4 Å². The third-order valence-electron chi connectivity index (χ3n) is 8.98. The van der Waals surface area contributed by atoms with E-state index in [1.54, 1.807) is 0 Å². The monoisotopic (exact) mass is 500 g/mol. The average molecular weight is 501 g/mol. The first-order chi connectivity index (χ1) is 16.5. The first-order valence-corrected chi connectivity index (χ1v) is 13.1. The summed E-state index contributed by atoms with van der Waals surface area (Å²) in [5.74, 6) is -1.85. The van der Waals surface area contributed by atoms with Gasteiger partial charge in [0.1, 0.15) is 24.4 Å². The fraction of sp³-hybridized carbons (Fsp3) is 0.880. The lowest BCUT2D eigenvalue weighted by Gasteiger charge is -2.50. The molecule has 0 spiro atoms. The second kappa shape index (κ2) is 10.6. The number of halogens is 3. The third kappa shape index (κ3) is 5.62. The Morgan fingerprint density at radius 3 is 2.37 bits per heavy atom. The van der Waals surface area contributed by atoms with Crippen molar-refractivity contribution in [1.82, 2.24) is 20.9 Å². The zero-order chi connectivity index (χ0) is 25.4. The van der Waals surface area contributed by atoms with E-state index in [4.69, 9.17) is 0 Å². The molecular formula is C25H39F3N4O3. The number of likely N-dealkylation sites (tertiary alicyclic amines) is 1. The zero-order valence-corrected chi connectivity index (χ0v) is 20.8. The smallest absolute Gasteiger partial charge is 0.321 e. The van der Waals surface area contributed by atoms with E-state index < -0.39 is 49.2 Å². The Labute approximate surface area is 205 Å². The van der Waals surface area contributed by atoms with Gasteiger partial charge in [0.2, 0.25) is 11.8 Å². The summed E-state index contributed by atoms with van der Waals surface area (Å²) in [6.07, 6.45) is -2.70. The van der Waals surface area contributed by atoms with Gasteiger partial charge in [-0.3, -0.25) is 14.9 Å². The number of hydrogen-bond donors (Lipinski definition) is 3. The third-order valence-corrected chi connectivity index (χ3v) is 8.98. The van der Waals surface area contributed by atoms with Crippen molar-refractivity contribution < 1.29 is 27.6 Å². The minimum absolute atomic E-state index is 0.102. The number of nitrogens with zero attached hydrogens (tertiary/aromatic N) is 1. The predicted molar refractivity (Wildman–Crippen MR) is 125 cm³/mol. The van der Waals surface area contributed by atoms with Gasteiger partial charge in [0.25, 0.3) is 0 Å². The van der Waals surface area contributed by atoms with Crippen molar-refractivity contribution >= 4 is 17.8 Å². The molecule has 4 amide bonds. The molecule has 0 aromatic rings. The number of piperidine rings is 2. The number of alkyl halides is 3. The molecule has 7 nitrogen and oxygen atoms in total. The largest absolute Gasteiger partial charge is 0.342 e. The number of rotatable bonds is 3. The molecule has 0 radical (unpaired) electrons. The molecule has 0 aromatic heterocycles. The zero-order valence-electron chi connectivity index (χ0n) is 20.8. The molecule has 2 saturated carbocycles. The van der Waals surface area contributed by atoms with Gasteiger partial charge in [-0.05, 0) is 56.8 Å². The van der Waals surface area contributed by atoms with E-state index in [2.05, 4.69) is 29.8 Å². The highest BCUT2D eigenvalue weighted by atomic mass is 19.2. The Hall–Kier alpha value is -1.84. The quantitative estimate of drug-likeness (QED) is 0.556. The fourth-order valence-electron chi connectivity index (χ4n) is 6.95. The van der Waals surface area contributed by atoms with E-state index in [0.717, 1.165) is 25.8 Å². The molecule has 3 N–H and O–H groups in total. The maximum absolute atomic E-state index is 14.1. The molecule has 4 rings (SSSR count). The van der Waals surface area contributed by atoms with Crippen molar-refractivity contribution in [1.29, 1.82) is 0 Å². The summed E-state index contributed by atoms with van der Waals surface area (Å²) < 4.78 is 41.6. The van der Waals surface area contributed by atoms with Crippen molar-refractivity contribution in [2.75, 3.05) is 13.6 Å². The Balaban J connectivity index is 1.34. The molecule has 9 atom stereocenters. The number of imide groups is 1. The van der Waals surface area contributed by atoms with Crippen LogP contribution in [0.4, 0.5) is 18.0 Å². The van der Waals surface area contributed by atoms with E-state index in [-0.39, 0.29) is 29.8 Å². The van der Waals surface area contributed by atoms with Gasteiger partial charge in [-0.25, -0.2) is 18.0 Å². The number of amides is 4. The number of carbonyl (C=O) groups is 3. The number of carbonyl (C=O) groups excluding carboxylic acids is 3. The van der Waals surface area contributed by atoms with Gasteiger partial charge in [-0.2, -0.15) is 0 Å². The van der Waals surface area contributed by atoms with Crippen molar-refractivity contribution in [3.05, 3.63) is 0 Å². The summed E-state index contributed by atoms with van der Waals surface area (Å²) in [6.45, 7) is 5.18. The number of urea groups is 1. The van der Waals surface area contributed by atoms with Crippen LogP contribution < -0.4 is 16.0 Å². The van der Waals surface area contributed by atoms with Crippen LogP contribution in [0.1, 0.15) is 58.8 Å². The van der Waals surface area contributed by atoms with Crippen LogP contribution in [0.3, 0.4) is 0 Å². The van der Waals surface area contributed by atoms with E-state index in [1.807, 2.05) is 11.9 Å². The van der Waals surface area contributed by atoms with Crippen LogP contribution in [-0.4, -0.2) is 73.0 Å². The van der Waals surface area contributed by atoms with Gasteiger partial charge in [0.15, 0.2) is 0 Å². The van der Waals surface area contributed by atoms with Crippen LogP contribution in [0.5, 0.6) is 0 Å². The molecule has 2 heterocycles. The van der Waals surface area contributed by atoms with Crippen molar-refractivity contribution in [3.8, 4) is 0 Å². The summed E-state index contributed by atoms with van der Waals surface area (Å²) in [7, 11) is 1.90. The summed E-state index contributed by atoms with van der Waals surface area (Å²) in [6, 6.07) is -0.398. The molecule has 35 heavy (non-hydrogen) atoms. The normalized spacial score (nSPS) is 44.3. The van der Waals surface area contributed by atoms with Crippen LogP contribution in [0.2, 0.25) is 0 Å².